The van der Waals surface area contributed by atoms with Crippen molar-refractivity contribution in [1.29, 1.82) is 0 Å². The van der Waals surface area contributed by atoms with Crippen LogP contribution in [0.3, 0.4) is 0 Å². The van der Waals surface area contributed by atoms with E-state index in [0.29, 0.717) is 81.4 Å². The van der Waals surface area contributed by atoms with Gasteiger partial charge in [-0.1, -0.05) is 44.3 Å². The molecule has 0 bridgehead atoms. The van der Waals surface area contributed by atoms with Crippen LogP contribution in [0.4, 0.5) is 9.59 Å². The van der Waals surface area contributed by atoms with Crippen molar-refractivity contribution in [2.75, 3.05) is 80.2 Å². The zero-order chi connectivity index (χ0) is 60.8. The van der Waals surface area contributed by atoms with Crippen molar-refractivity contribution in [3.05, 3.63) is 96.1 Å². The third-order valence-corrected chi connectivity index (χ3v) is 11.9. The SMILES string of the molecule is C=C(C)C(=O)OCCCOc1ccc(/C=C/C(=O)OC)cc1.C=C(C)C(=O)OCCNC(=O)OC1CCCCO1.CCC(C)(CC(C)(C)C(=O)OCCCOc1ccc(/C=C/C(=O)OC)cc1)C(=O)OCCNC(=O)OC1CCCCO1. The lowest BCUT2D eigenvalue weighted by Gasteiger charge is -2.33. The summed E-state index contributed by atoms with van der Waals surface area (Å²) in [4.78, 5) is 93.3. The number of ether oxygens (including phenoxy) is 12. The predicted molar refractivity (Wildman–Crippen MR) is 302 cm³/mol. The lowest BCUT2D eigenvalue weighted by molar-refractivity contribution is -0.163. The highest BCUT2D eigenvalue weighted by Gasteiger charge is 2.43. The standard InChI is InChI=1S/C31H45NO10.C17H20O5.C12H19NO5/c1-6-31(4,28(35)41-21-17-32-29(36)42-26-10-7-8-18-39-26)22-30(2,3)27(34)40-20-9-19-38-24-14-11-23(12-15-24)13-16-25(33)37-5;1-13(2)17(19)22-12-4-11-21-15-8-5-14(6-9-15)7-10-16(18)20-3;1-9(2)11(14)17-8-6-13-12(15)18-10-5-3-4-7-16-10/h11-16,26H,6-10,17-22H2,1-5H3,(H,32,36);5-10H,1,4,11-12H2,2-3H3;10H,1,3-8H2,2H3,(H,13,15)/b16-13+;10-7+;. The van der Waals surface area contributed by atoms with Crippen LogP contribution >= 0.6 is 0 Å². The molecule has 2 aromatic carbocycles. The lowest BCUT2D eigenvalue weighted by Crippen LogP contribution is -2.40. The molecule has 2 aliphatic heterocycles. The van der Waals surface area contributed by atoms with Gasteiger partial charge in [0, 0.05) is 49.0 Å². The molecule has 82 heavy (non-hydrogen) atoms. The summed E-state index contributed by atoms with van der Waals surface area (Å²) < 4.78 is 61.8. The van der Waals surface area contributed by atoms with E-state index in [2.05, 4.69) is 33.3 Å². The van der Waals surface area contributed by atoms with Gasteiger partial charge in [0.05, 0.1) is 77.8 Å². The van der Waals surface area contributed by atoms with E-state index in [1.54, 1.807) is 71.0 Å². The Morgan fingerprint density at radius 1 is 0.573 bits per heavy atom. The number of esters is 6. The Balaban J connectivity index is 0.000000477. The highest BCUT2D eigenvalue weighted by molar-refractivity contribution is 5.88. The van der Waals surface area contributed by atoms with Crippen molar-refractivity contribution >= 4 is 60.2 Å². The molecule has 2 N–H and O–H groups in total. The fourth-order valence-corrected chi connectivity index (χ4v) is 7.17. The van der Waals surface area contributed by atoms with Gasteiger partial charge in [-0.2, -0.15) is 0 Å². The normalized spacial score (nSPS) is 15.4. The first-order valence-corrected chi connectivity index (χ1v) is 27.2. The van der Waals surface area contributed by atoms with E-state index >= 15 is 0 Å². The van der Waals surface area contributed by atoms with Crippen molar-refractivity contribution in [2.24, 2.45) is 10.8 Å². The van der Waals surface area contributed by atoms with Crippen LogP contribution in [0.25, 0.3) is 12.2 Å². The molecule has 4 rings (SSSR count). The number of nitrogens with one attached hydrogen (secondary N) is 2. The maximum atomic E-state index is 12.9. The van der Waals surface area contributed by atoms with Gasteiger partial charge in [-0.25, -0.2) is 28.8 Å². The number of hydrogen-bond acceptors (Lipinski definition) is 20. The molecule has 0 aliphatic carbocycles. The molecule has 0 radical (unpaired) electrons. The number of alkyl carbamates (subject to hydrolysis) is 2. The smallest absolute Gasteiger partial charge is 0.409 e. The molecular formula is C60H84N2O20. The van der Waals surface area contributed by atoms with Gasteiger partial charge >= 0.3 is 48.0 Å². The van der Waals surface area contributed by atoms with Gasteiger partial charge in [0.15, 0.2) is 0 Å². The Morgan fingerprint density at radius 3 is 1.37 bits per heavy atom. The molecule has 0 aromatic heterocycles. The average Bonchev–Trinajstić information content (AvgIpc) is 3.52. The van der Waals surface area contributed by atoms with E-state index in [1.165, 1.54) is 26.4 Å². The van der Waals surface area contributed by atoms with Gasteiger partial charge in [-0.05, 0) is 121 Å². The molecule has 22 heteroatoms. The third-order valence-electron chi connectivity index (χ3n) is 11.9. The average molecular weight is 1150 g/mol. The Bertz CT molecular complexity index is 2390. The Hall–Kier alpha value is -7.72. The first-order valence-electron chi connectivity index (χ1n) is 27.2. The number of hydrogen-bond donors (Lipinski definition) is 2. The van der Waals surface area contributed by atoms with Crippen molar-refractivity contribution in [3.63, 3.8) is 0 Å². The molecule has 3 unspecified atom stereocenters. The van der Waals surface area contributed by atoms with Crippen molar-refractivity contribution < 1.29 is 95.2 Å². The molecule has 2 fully saturated rings. The molecule has 3 atom stereocenters. The summed E-state index contributed by atoms with van der Waals surface area (Å²) in [5.41, 5.74) is 0.562. The summed E-state index contributed by atoms with van der Waals surface area (Å²) in [5.74, 6) is -1.18. The van der Waals surface area contributed by atoms with Crippen molar-refractivity contribution in [3.8, 4) is 11.5 Å². The van der Waals surface area contributed by atoms with Crippen LogP contribution in [-0.2, 0) is 76.1 Å². The summed E-state index contributed by atoms with van der Waals surface area (Å²) in [6.07, 6.45) is 10.9. The topological polar surface area (TPSA) is 271 Å². The summed E-state index contributed by atoms with van der Waals surface area (Å²) in [5, 5.41) is 5.03. The number of carbonyl (C=O) groups excluding carboxylic acids is 8. The fourth-order valence-electron chi connectivity index (χ4n) is 7.17. The Labute approximate surface area is 481 Å². The minimum Gasteiger partial charge on any atom is -0.493 e. The van der Waals surface area contributed by atoms with E-state index in [-0.39, 0.29) is 45.3 Å². The van der Waals surface area contributed by atoms with Gasteiger partial charge < -0.3 is 67.5 Å². The fraction of sp³-hybridized carbons (Fsp3) is 0.533. The molecule has 2 aliphatic rings. The van der Waals surface area contributed by atoms with Gasteiger partial charge in [0.25, 0.3) is 0 Å². The molecule has 2 aromatic rings. The van der Waals surface area contributed by atoms with Crippen LogP contribution < -0.4 is 20.1 Å². The zero-order valence-electron chi connectivity index (χ0n) is 48.8. The minimum absolute atomic E-state index is 0.0210. The Morgan fingerprint density at radius 2 is 0.976 bits per heavy atom. The van der Waals surface area contributed by atoms with Gasteiger partial charge in [-0.15, -0.1) is 0 Å². The summed E-state index contributed by atoms with van der Waals surface area (Å²) in [6, 6.07) is 14.4. The van der Waals surface area contributed by atoms with E-state index in [1.807, 2.05) is 31.2 Å². The second-order valence-corrected chi connectivity index (χ2v) is 19.6. The molecule has 2 amide bonds. The van der Waals surface area contributed by atoms with Crippen LogP contribution in [-0.4, -0.2) is 141 Å². The molecule has 0 saturated carbocycles. The first kappa shape index (κ1) is 70.4. The molecule has 22 nitrogen and oxygen atoms in total. The van der Waals surface area contributed by atoms with Gasteiger partial charge in [0.2, 0.25) is 12.6 Å². The molecule has 2 heterocycles. The maximum Gasteiger partial charge on any atom is 0.409 e. The van der Waals surface area contributed by atoms with Crippen molar-refractivity contribution in [2.45, 2.75) is 118 Å². The van der Waals surface area contributed by atoms with E-state index in [0.717, 1.165) is 43.2 Å². The second-order valence-electron chi connectivity index (χ2n) is 19.6. The van der Waals surface area contributed by atoms with Crippen LogP contribution in [0.15, 0.2) is 85.0 Å². The minimum atomic E-state index is -0.930. The molecule has 0 spiro atoms. The monoisotopic (exact) mass is 1150 g/mol. The summed E-state index contributed by atoms with van der Waals surface area (Å²) >= 11 is 0. The summed E-state index contributed by atoms with van der Waals surface area (Å²) in [7, 11) is 2.65. The number of rotatable bonds is 29. The lowest BCUT2D eigenvalue weighted by atomic mass is 9.72. The van der Waals surface area contributed by atoms with Gasteiger partial charge in [0.1, 0.15) is 24.7 Å². The molecule has 454 valence electrons. The molecule has 2 saturated heterocycles. The second kappa shape index (κ2) is 39.6. The van der Waals surface area contributed by atoms with Crippen LogP contribution in [0.1, 0.15) is 117 Å². The third kappa shape index (κ3) is 30.8. The Kier molecular flexibility index (Phi) is 34.0. The maximum absolute atomic E-state index is 12.9. The van der Waals surface area contributed by atoms with E-state index in [4.69, 9.17) is 47.4 Å². The van der Waals surface area contributed by atoms with Crippen LogP contribution in [0.2, 0.25) is 0 Å². The van der Waals surface area contributed by atoms with Crippen LogP contribution in [0.5, 0.6) is 11.5 Å². The van der Waals surface area contributed by atoms with Crippen molar-refractivity contribution in [1.82, 2.24) is 10.6 Å². The number of carbonyl (C=O) groups is 8. The number of methoxy groups -OCH3 is 2. The largest absolute Gasteiger partial charge is 0.493 e. The zero-order valence-corrected chi connectivity index (χ0v) is 48.8. The predicted octanol–water partition coefficient (Wildman–Crippen LogP) is 8.93. The van der Waals surface area contributed by atoms with E-state index < -0.39 is 65.4 Å². The first-order chi connectivity index (χ1) is 39.1. The highest BCUT2D eigenvalue weighted by Crippen LogP contribution is 2.38. The summed E-state index contributed by atoms with van der Waals surface area (Å²) in [6.45, 7) is 20.0. The highest BCUT2D eigenvalue weighted by atomic mass is 16.7. The van der Waals surface area contributed by atoms with E-state index in [9.17, 15) is 38.4 Å². The number of benzene rings is 2. The van der Waals surface area contributed by atoms with Crippen LogP contribution in [0, 0.1) is 10.8 Å². The molecular weight excluding hydrogens is 1070 g/mol. The quantitative estimate of drug-likeness (QED) is 0.0333. The van der Waals surface area contributed by atoms with Gasteiger partial charge in [-0.3, -0.25) is 9.59 Å². The number of amides is 2.